The van der Waals surface area contributed by atoms with Crippen molar-refractivity contribution in [2.75, 3.05) is 6.61 Å². The normalized spacial score (nSPS) is 11.2. The van der Waals surface area contributed by atoms with Crippen LogP contribution in [-0.2, 0) is 4.79 Å². The second kappa shape index (κ2) is 5.42. The third-order valence-electron chi connectivity index (χ3n) is 2.47. The molecule has 100 valence electrons. The molecule has 0 atom stereocenters. The van der Waals surface area contributed by atoms with Crippen LogP contribution in [0.1, 0.15) is 37.5 Å². The van der Waals surface area contributed by atoms with E-state index in [9.17, 15) is 4.79 Å². The Balaban J connectivity index is 2.67. The van der Waals surface area contributed by atoms with Gasteiger partial charge in [-0.1, -0.05) is 17.7 Å². The fraction of sp³-hybridized carbons (Fsp3) is 0.533. The lowest BCUT2D eigenvalue weighted by molar-refractivity contribution is -0.124. The Morgan fingerprint density at radius 2 is 1.67 bits per heavy atom. The van der Waals surface area contributed by atoms with Crippen LogP contribution in [-0.4, -0.2) is 18.1 Å². The summed E-state index contributed by atoms with van der Waals surface area (Å²) in [7, 11) is 0. The highest BCUT2D eigenvalue weighted by Crippen LogP contribution is 2.24. The number of amides is 1. The van der Waals surface area contributed by atoms with E-state index in [-0.39, 0.29) is 18.1 Å². The summed E-state index contributed by atoms with van der Waals surface area (Å²) < 4.78 is 5.62. The molecule has 1 aromatic rings. The molecule has 0 heterocycles. The molecule has 0 aliphatic heterocycles. The minimum atomic E-state index is -0.224. The van der Waals surface area contributed by atoms with Crippen LogP contribution in [0.4, 0.5) is 0 Å². The van der Waals surface area contributed by atoms with Crippen molar-refractivity contribution in [2.24, 2.45) is 0 Å². The Hall–Kier alpha value is -1.51. The summed E-state index contributed by atoms with van der Waals surface area (Å²) in [5, 5.41) is 2.88. The van der Waals surface area contributed by atoms with Crippen LogP contribution in [0, 0.1) is 20.8 Å². The van der Waals surface area contributed by atoms with Crippen molar-refractivity contribution in [1.82, 2.24) is 5.32 Å². The number of carbonyl (C=O) groups excluding carboxylic acids is 1. The van der Waals surface area contributed by atoms with Gasteiger partial charge in [0.05, 0.1) is 0 Å². The Morgan fingerprint density at radius 3 is 2.11 bits per heavy atom. The van der Waals surface area contributed by atoms with E-state index in [1.807, 2.05) is 34.6 Å². The third kappa shape index (κ3) is 4.40. The van der Waals surface area contributed by atoms with Gasteiger partial charge in [-0.2, -0.15) is 0 Å². The fourth-order valence-electron chi connectivity index (χ4n) is 1.99. The topological polar surface area (TPSA) is 38.3 Å². The smallest absolute Gasteiger partial charge is 0.258 e. The SMILES string of the molecule is Cc1cc(C)c(OCC(=O)NC(C)(C)C)c(C)c1. The first kappa shape index (κ1) is 14.6. The standard InChI is InChI=1S/C15H23NO2/c1-10-7-11(2)14(12(3)8-10)18-9-13(17)16-15(4,5)6/h7-8H,9H2,1-6H3,(H,16,17). The molecule has 0 saturated carbocycles. The molecule has 0 saturated heterocycles. The molecule has 1 N–H and O–H groups in total. The van der Waals surface area contributed by atoms with Gasteiger partial charge in [0.25, 0.3) is 5.91 Å². The molecule has 1 rings (SSSR count). The van der Waals surface area contributed by atoms with Crippen molar-refractivity contribution in [1.29, 1.82) is 0 Å². The second-order valence-corrected chi connectivity index (χ2v) is 5.81. The van der Waals surface area contributed by atoms with Crippen LogP contribution in [0.2, 0.25) is 0 Å². The quantitative estimate of drug-likeness (QED) is 0.894. The molecule has 0 fully saturated rings. The molecule has 0 radical (unpaired) electrons. The number of carbonyl (C=O) groups is 1. The number of rotatable bonds is 3. The zero-order valence-electron chi connectivity index (χ0n) is 12.2. The van der Waals surface area contributed by atoms with Crippen molar-refractivity contribution in [2.45, 2.75) is 47.1 Å². The number of hydrogen-bond donors (Lipinski definition) is 1. The molecule has 0 bridgehead atoms. The van der Waals surface area contributed by atoms with Gasteiger partial charge in [-0.05, 0) is 52.7 Å². The molecule has 0 unspecified atom stereocenters. The van der Waals surface area contributed by atoms with Gasteiger partial charge >= 0.3 is 0 Å². The van der Waals surface area contributed by atoms with E-state index < -0.39 is 0 Å². The summed E-state index contributed by atoms with van der Waals surface area (Å²) in [6.45, 7) is 12.0. The van der Waals surface area contributed by atoms with E-state index in [1.165, 1.54) is 5.56 Å². The van der Waals surface area contributed by atoms with E-state index in [4.69, 9.17) is 4.74 Å². The zero-order valence-corrected chi connectivity index (χ0v) is 12.2. The van der Waals surface area contributed by atoms with Gasteiger partial charge in [0, 0.05) is 5.54 Å². The van der Waals surface area contributed by atoms with Crippen molar-refractivity contribution in [3.8, 4) is 5.75 Å². The fourth-order valence-corrected chi connectivity index (χ4v) is 1.99. The van der Waals surface area contributed by atoms with Crippen molar-refractivity contribution >= 4 is 5.91 Å². The van der Waals surface area contributed by atoms with E-state index in [2.05, 4.69) is 24.4 Å². The molecule has 1 aromatic carbocycles. The number of aryl methyl sites for hydroxylation is 3. The summed E-state index contributed by atoms with van der Waals surface area (Å²) in [6.07, 6.45) is 0. The molecule has 3 heteroatoms. The minimum Gasteiger partial charge on any atom is -0.483 e. The Kier molecular flexibility index (Phi) is 4.38. The monoisotopic (exact) mass is 249 g/mol. The van der Waals surface area contributed by atoms with Crippen molar-refractivity contribution in [3.05, 3.63) is 28.8 Å². The van der Waals surface area contributed by atoms with Crippen molar-refractivity contribution in [3.63, 3.8) is 0 Å². The van der Waals surface area contributed by atoms with Gasteiger partial charge in [-0.15, -0.1) is 0 Å². The Bertz CT molecular complexity index is 421. The maximum Gasteiger partial charge on any atom is 0.258 e. The van der Waals surface area contributed by atoms with Crippen LogP contribution in [0.25, 0.3) is 0 Å². The number of nitrogens with one attached hydrogen (secondary N) is 1. The van der Waals surface area contributed by atoms with E-state index in [1.54, 1.807) is 0 Å². The van der Waals surface area contributed by atoms with Crippen molar-refractivity contribution < 1.29 is 9.53 Å². The first-order chi connectivity index (χ1) is 8.19. The Labute approximate surface area is 110 Å². The third-order valence-corrected chi connectivity index (χ3v) is 2.47. The highest BCUT2D eigenvalue weighted by atomic mass is 16.5. The van der Waals surface area contributed by atoms with Gasteiger partial charge in [0.2, 0.25) is 0 Å². The van der Waals surface area contributed by atoms with Gasteiger partial charge < -0.3 is 10.1 Å². The van der Waals surface area contributed by atoms with Crippen LogP contribution >= 0.6 is 0 Å². The second-order valence-electron chi connectivity index (χ2n) is 5.81. The molecule has 18 heavy (non-hydrogen) atoms. The molecule has 0 aliphatic rings. The van der Waals surface area contributed by atoms with Gasteiger partial charge in [-0.25, -0.2) is 0 Å². The summed E-state index contributed by atoms with van der Waals surface area (Å²) >= 11 is 0. The molecule has 0 spiro atoms. The molecule has 0 aliphatic carbocycles. The summed E-state index contributed by atoms with van der Waals surface area (Å²) in [4.78, 5) is 11.7. The van der Waals surface area contributed by atoms with Crippen LogP contribution in [0.3, 0.4) is 0 Å². The van der Waals surface area contributed by atoms with Crippen LogP contribution in [0.5, 0.6) is 5.75 Å². The lowest BCUT2D eigenvalue weighted by Gasteiger charge is -2.21. The average Bonchev–Trinajstić information content (AvgIpc) is 2.12. The first-order valence-electron chi connectivity index (χ1n) is 6.21. The predicted octanol–water partition coefficient (Wildman–Crippen LogP) is 2.91. The van der Waals surface area contributed by atoms with Crippen LogP contribution in [0.15, 0.2) is 12.1 Å². The summed E-state index contributed by atoms with van der Waals surface area (Å²) in [5.41, 5.74) is 3.11. The van der Waals surface area contributed by atoms with Gasteiger partial charge in [0.15, 0.2) is 6.61 Å². The predicted molar refractivity (Wildman–Crippen MR) is 74.0 cm³/mol. The van der Waals surface area contributed by atoms with E-state index in [0.717, 1.165) is 16.9 Å². The first-order valence-corrected chi connectivity index (χ1v) is 6.21. The van der Waals surface area contributed by atoms with Gasteiger partial charge in [-0.3, -0.25) is 4.79 Å². The largest absolute Gasteiger partial charge is 0.483 e. The van der Waals surface area contributed by atoms with E-state index >= 15 is 0 Å². The molecule has 3 nitrogen and oxygen atoms in total. The lowest BCUT2D eigenvalue weighted by Crippen LogP contribution is -2.43. The minimum absolute atomic E-state index is 0.0576. The number of benzene rings is 1. The molecule has 1 amide bonds. The maximum atomic E-state index is 11.7. The van der Waals surface area contributed by atoms with Crippen LogP contribution < -0.4 is 10.1 Å². The highest BCUT2D eigenvalue weighted by molar-refractivity contribution is 5.78. The number of ether oxygens (including phenoxy) is 1. The zero-order chi connectivity index (χ0) is 13.9. The summed E-state index contributed by atoms with van der Waals surface area (Å²) in [5.74, 6) is 0.714. The number of hydrogen-bond acceptors (Lipinski definition) is 2. The molecular weight excluding hydrogens is 226 g/mol. The van der Waals surface area contributed by atoms with Gasteiger partial charge in [0.1, 0.15) is 5.75 Å². The van der Waals surface area contributed by atoms with E-state index in [0.29, 0.717) is 0 Å². The highest BCUT2D eigenvalue weighted by Gasteiger charge is 2.14. The lowest BCUT2D eigenvalue weighted by atomic mass is 10.1. The average molecular weight is 249 g/mol. The maximum absolute atomic E-state index is 11.7. The Morgan fingerprint density at radius 1 is 1.17 bits per heavy atom. The summed E-state index contributed by atoms with van der Waals surface area (Å²) in [6, 6.07) is 4.12. The molecular formula is C15H23NO2. The molecule has 0 aromatic heterocycles.